The van der Waals surface area contributed by atoms with E-state index >= 15 is 0 Å². The first-order valence-electron chi connectivity index (χ1n) is 7.02. The molecule has 0 spiro atoms. The van der Waals surface area contributed by atoms with E-state index in [0.29, 0.717) is 6.61 Å². The van der Waals surface area contributed by atoms with Crippen LogP contribution in [0.2, 0.25) is 0 Å². The second-order valence-corrected chi connectivity index (χ2v) is 5.09. The Labute approximate surface area is 116 Å². The number of H-pyrrole nitrogens is 1. The SMILES string of the molecule is CC.CCOc1cccc2c(CC(C)(C)N)c[nH]c12. The summed E-state index contributed by atoms with van der Waals surface area (Å²) in [5, 5.41) is 1.20. The van der Waals surface area contributed by atoms with Gasteiger partial charge in [-0.15, -0.1) is 0 Å². The molecule has 3 N–H and O–H groups in total. The average Bonchev–Trinajstić information content (AvgIpc) is 2.75. The molecule has 0 aliphatic heterocycles. The van der Waals surface area contributed by atoms with E-state index in [2.05, 4.69) is 11.1 Å². The predicted octanol–water partition coefficient (Wildman–Crippen LogP) is 3.87. The summed E-state index contributed by atoms with van der Waals surface area (Å²) in [6.45, 7) is 10.7. The Morgan fingerprint density at radius 3 is 2.53 bits per heavy atom. The van der Waals surface area contributed by atoms with Crippen molar-refractivity contribution in [2.45, 2.75) is 46.6 Å². The first-order chi connectivity index (χ1) is 9.01. The van der Waals surface area contributed by atoms with Crippen LogP contribution in [0.3, 0.4) is 0 Å². The van der Waals surface area contributed by atoms with Crippen molar-refractivity contribution in [1.29, 1.82) is 0 Å². The number of ether oxygens (including phenoxy) is 1. The molecule has 106 valence electrons. The van der Waals surface area contributed by atoms with E-state index < -0.39 is 0 Å². The normalized spacial score (nSPS) is 11.1. The summed E-state index contributed by atoms with van der Waals surface area (Å²) in [4.78, 5) is 3.28. The van der Waals surface area contributed by atoms with Crippen molar-refractivity contribution in [3.05, 3.63) is 30.0 Å². The first-order valence-corrected chi connectivity index (χ1v) is 7.02. The van der Waals surface area contributed by atoms with E-state index in [-0.39, 0.29) is 5.54 Å². The molecule has 0 atom stereocenters. The van der Waals surface area contributed by atoms with Gasteiger partial charge in [0.1, 0.15) is 5.75 Å². The maximum absolute atomic E-state index is 6.07. The second-order valence-electron chi connectivity index (χ2n) is 5.09. The number of hydrogen-bond acceptors (Lipinski definition) is 2. The van der Waals surface area contributed by atoms with Gasteiger partial charge in [0.05, 0.1) is 12.1 Å². The molecule has 0 unspecified atom stereocenters. The maximum atomic E-state index is 6.07. The molecule has 2 aromatic rings. The first kappa shape index (κ1) is 15.6. The van der Waals surface area contributed by atoms with E-state index in [1.807, 2.05) is 52.9 Å². The Hall–Kier alpha value is -1.48. The number of para-hydroxylation sites is 1. The van der Waals surface area contributed by atoms with Crippen molar-refractivity contribution in [2.24, 2.45) is 5.73 Å². The third kappa shape index (κ3) is 4.00. The third-order valence-corrected chi connectivity index (χ3v) is 2.71. The number of hydrogen-bond donors (Lipinski definition) is 2. The molecule has 3 nitrogen and oxygen atoms in total. The summed E-state index contributed by atoms with van der Waals surface area (Å²) in [6, 6.07) is 6.11. The van der Waals surface area contributed by atoms with Crippen molar-refractivity contribution in [3.8, 4) is 5.75 Å². The Morgan fingerprint density at radius 1 is 1.26 bits per heavy atom. The molecule has 0 fully saturated rings. The summed E-state index contributed by atoms with van der Waals surface area (Å²) in [5.41, 5.74) is 8.18. The molecule has 0 amide bonds. The molecular formula is C16H26N2O. The van der Waals surface area contributed by atoms with Gasteiger partial charge in [0, 0.05) is 17.1 Å². The molecule has 0 bridgehead atoms. The van der Waals surface area contributed by atoms with E-state index in [4.69, 9.17) is 10.5 Å². The van der Waals surface area contributed by atoms with Gasteiger partial charge in [-0.25, -0.2) is 0 Å². The van der Waals surface area contributed by atoms with Crippen LogP contribution in [0.4, 0.5) is 0 Å². The van der Waals surface area contributed by atoms with Crippen molar-refractivity contribution in [3.63, 3.8) is 0 Å². The van der Waals surface area contributed by atoms with Crippen LogP contribution in [0.1, 0.15) is 40.2 Å². The minimum atomic E-state index is -0.198. The Bertz CT molecular complexity index is 509. The minimum absolute atomic E-state index is 0.198. The number of aromatic amines is 1. The standard InChI is InChI=1S/C14H20N2O.C2H6/c1-4-17-12-7-5-6-11-10(8-14(2,3)15)9-16-13(11)12;1-2/h5-7,9,16H,4,8,15H2,1-3H3;1-2H3. The van der Waals surface area contributed by atoms with Gasteiger partial charge in [-0.2, -0.15) is 0 Å². The number of aromatic nitrogens is 1. The lowest BCUT2D eigenvalue weighted by atomic mass is 9.96. The van der Waals surface area contributed by atoms with E-state index in [1.165, 1.54) is 10.9 Å². The van der Waals surface area contributed by atoms with Gasteiger partial charge in [0.15, 0.2) is 0 Å². The highest BCUT2D eigenvalue weighted by Crippen LogP contribution is 2.28. The smallest absolute Gasteiger partial charge is 0.143 e. The van der Waals surface area contributed by atoms with Crippen LogP contribution < -0.4 is 10.5 Å². The van der Waals surface area contributed by atoms with Crippen LogP contribution in [-0.4, -0.2) is 17.1 Å². The second kappa shape index (κ2) is 6.62. The molecule has 2 rings (SSSR count). The highest BCUT2D eigenvalue weighted by atomic mass is 16.5. The summed E-state index contributed by atoms with van der Waals surface area (Å²) >= 11 is 0. The Morgan fingerprint density at radius 2 is 1.95 bits per heavy atom. The number of rotatable bonds is 4. The Kier molecular flexibility index (Phi) is 5.43. The van der Waals surface area contributed by atoms with Gasteiger partial charge in [0.2, 0.25) is 0 Å². The predicted molar refractivity (Wildman–Crippen MR) is 82.8 cm³/mol. The lowest BCUT2D eigenvalue weighted by Gasteiger charge is -2.17. The molecule has 3 heteroatoms. The molecular weight excluding hydrogens is 236 g/mol. The molecule has 0 aliphatic carbocycles. The monoisotopic (exact) mass is 262 g/mol. The quantitative estimate of drug-likeness (QED) is 0.878. The average molecular weight is 262 g/mol. The summed E-state index contributed by atoms with van der Waals surface area (Å²) in [6.07, 6.45) is 2.88. The van der Waals surface area contributed by atoms with Crippen LogP contribution >= 0.6 is 0 Å². The molecule has 1 heterocycles. The molecule has 0 saturated carbocycles. The van der Waals surface area contributed by atoms with Crippen molar-refractivity contribution in [1.82, 2.24) is 4.98 Å². The van der Waals surface area contributed by atoms with Gasteiger partial charge in [-0.1, -0.05) is 26.0 Å². The van der Waals surface area contributed by atoms with Crippen LogP contribution in [0.15, 0.2) is 24.4 Å². The lowest BCUT2D eigenvalue weighted by Crippen LogP contribution is -2.34. The van der Waals surface area contributed by atoms with Gasteiger partial charge >= 0.3 is 0 Å². The molecule has 1 aromatic carbocycles. The number of nitrogens with one attached hydrogen (secondary N) is 1. The number of fused-ring (bicyclic) bond motifs is 1. The molecule has 19 heavy (non-hydrogen) atoms. The summed E-state index contributed by atoms with van der Waals surface area (Å²) < 4.78 is 5.60. The largest absolute Gasteiger partial charge is 0.492 e. The van der Waals surface area contributed by atoms with Crippen molar-refractivity contribution < 1.29 is 4.74 Å². The highest BCUT2D eigenvalue weighted by molar-refractivity contribution is 5.88. The van der Waals surface area contributed by atoms with Crippen LogP contribution in [0.25, 0.3) is 10.9 Å². The summed E-state index contributed by atoms with van der Waals surface area (Å²) in [5.74, 6) is 0.908. The summed E-state index contributed by atoms with van der Waals surface area (Å²) in [7, 11) is 0. The molecule has 0 saturated heterocycles. The topological polar surface area (TPSA) is 51.0 Å². The fourth-order valence-corrected chi connectivity index (χ4v) is 2.10. The molecule has 1 aromatic heterocycles. The van der Waals surface area contributed by atoms with Gasteiger partial charge in [0.25, 0.3) is 0 Å². The van der Waals surface area contributed by atoms with E-state index in [1.54, 1.807) is 0 Å². The fourth-order valence-electron chi connectivity index (χ4n) is 2.10. The third-order valence-electron chi connectivity index (χ3n) is 2.71. The van der Waals surface area contributed by atoms with Crippen LogP contribution in [0.5, 0.6) is 5.75 Å². The molecule has 0 radical (unpaired) electrons. The Balaban J connectivity index is 0.000000861. The molecule has 0 aliphatic rings. The minimum Gasteiger partial charge on any atom is -0.492 e. The number of nitrogens with two attached hydrogens (primary N) is 1. The zero-order valence-corrected chi connectivity index (χ0v) is 12.7. The van der Waals surface area contributed by atoms with Crippen molar-refractivity contribution >= 4 is 10.9 Å². The van der Waals surface area contributed by atoms with Gasteiger partial charge < -0.3 is 15.5 Å². The van der Waals surface area contributed by atoms with Crippen molar-refractivity contribution in [2.75, 3.05) is 6.61 Å². The fraction of sp³-hybridized carbons (Fsp3) is 0.500. The zero-order chi connectivity index (χ0) is 14.5. The number of benzene rings is 1. The van der Waals surface area contributed by atoms with Gasteiger partial charge in [-0.3, -0.25) is 0 Å². The van der Waals surface area contributed by atoms with Crippen LogP contribution in [0, 0.1) is 0 Å². The maximum Gasteiger partial charge on any atom is 0.143 e. The lowest BCUT2D eigenvalue weighted by molar-refractivity contribution is 0.343. The zero-order valence-electron chi connectivity index (χ0n) is 12.7. The van der Waals surface area contributed by atoms with E-state index in [9.17, 15) is 0 Å². The van der Waals surface area contributed by atoms with E-state index in [0.717, 1.165) is 17.7 Å². The van der Waals surface area contributed by atoms with Gasteiger partial charge in [-0.05, 0) is 38.8 Å². The van der Waals surface area contributed by atoms with Crippen LogP contribution in [-0.2, 0) is 6.42 Å². The highest BCUT2D eigenvalue weighted by Gasteiger charge is 2.15.